The fourth-order valence-corrected chi connectivity index (χ4v) is 2.58. The highest BCUT2D eigenvalue weighted by Gasteiger charge is 2.31. The molecule has 0 radical (unpaired) electrons. The molecule has 2 nitrogen and oxygen atoms in total. The molecular weight excluding hydrogens is 184 g/mol. The van der Waals surface area contributed by atoms with Gasteiger partial charge in [0.15, 0.2) is 0 Å². The van der Waals surface area contributed by atoms with Gasteiger partial charge in [-0.1, -0.05) is 13.8 Å². The molecule has 0 aromatic heterocycles. The van der Waals surface area contributed by atoms with Gasteiger partial charge in [0.2, 0.25) is 0 Å². The number of nitrogens with one attached hydrogen (secondary N) is 1. The number of hydrogen-bond acceptors (Lipinski definition) is 2. The molecule has 1 unspecified atom stereocenters. The Kier molecular flexibility index (Phi) is 5.07. The molecule has 0 aliphatic carbocycles. The lowest BCUT2D eigenvalue weighted by atomic mass is 9.76. The molecule has 1 atom stereocenters. The maximum Gasteiger partial charge on any atom is 0.00614 e. The average molecular weight is 212 g/mol. The van der Waals surface area contributed by atoms with Crippen molar-refractivity contribution in [3.05, 3.63) is 0 Å². The molecule has 2 heteroatoms. The van der Waals surface area contributed by atoms with Gasteiger partial charge in [-0.15, -0.1) is 0 Å². The normalized spacial score (nSPS) is 23.0. The maximum absolute atomic E-state index is 3.47. The highest BCUT2D eigenvalue weighted by Crippen LogP contribution is 2.33. The third-order valence-electron chi connectivity index (χ3n) is 4.34. The summed E-state index contributed by atoms with van der Waals surface area (Å²) in [5, 5.41) is 3.47. The van der Waals surface area contributed by atoms with Crippen molar-refractivity contribution in [1.82, 2.24) is 10.2 Å². The van der Waals surface area contributed by atoms with Crippen LogP contribution in [-0.4, -0.2) is 37.6 Å². The van der Waals surface area contributed by atoms with Crippen LogP contribution in [-0.2, 0) is 0 Å². The molecule has 1 saturated heterocycles. The molecule has 1 aliphatic heterocycles. The highest BCUT2D eigenvalue weighted by atomic mass is 15.1. The number of nitrogens with zero attached hydrogens (tertiary/aromatic N) is 1. The van der Waals surface area contributed by atoms with Crippen molar-refractivity contribution in [2.75, 3.05) is 26.7 Å². The van der Waals surface area contributed by atoms with Crippen LogP contribution in [0.25, 0.3) is 0 Å². The zero-order valence-corrected chi connectivity index (χ0v) is 11.0. The third-order valence-corrected chi connectivity index (χ3v) is 4.34. The fraction of sp³-hybridized carbons (Fsp3) is 1.00. The number of piperidine rings is 1. The van der Waals surface area contributed by atoms with Crippen LogP contribution >= 0.6 is 0 Å². The third kappa shape index (κ3) is 3.46. The zero-order chi connectivity index (χ0) is 11.3. The van der Waals surface area contributed by atoms with Crippen molar-refractivity contribution in [3.8, 4) is 0 Å². The Bertz CT molecular complexity index is 173. The topological polar surface area (TPSA) is 15.3 Å². The predicted molar refractivity (Wildman–Crippen MR) is 67.2 cm³/mol. The van der Waals surface area contributed by atoms with E-state index in [4.69, 9.17) is 0 Å². The summed E-state index contributed by atoms with van der Waals surface area (Å²) in [5.74, 6) is 0. The van der Waals surface area contributed by atoms with Gasteiger partial charge in [-0.25, -0.2) is 0 Å². The first-order chi connectivity index (χ1) is 7.13. The zero-order valence-electron chi connectivity index (χ0n) is 11.0. The van der Waals surface area contributed by atoms with Crippen LogP contribution < -0.4 is 5.32 Å². The summed E-state index contributed by atoms with van der Waals surface area (Å²) < 4.78 is 0. The molecule has 0 saturated carbocycles. The predicted octanol–water partition coefficient (Wildman–Crippen LogP) is 2.50. The monoisotopic (exact) mass is 212 g/mol. The molecule has 1 aliphatic rings. The smallest absolute Gasteiger partial charge is 0.00614 e. The molecule has 0 bridgehead atoms. The van der Waals surface area contributed by atoms with Crippen molar-refractivity contribution in [2.45, 2.75) is 52.5 Å². The van der Waals surface area contributed by atoms with E-state index in [0.717, 1.165) is 6.04 Å². The van der Waals surface area contributed by atoms with Crippen LogP contribution in [0.5, 0.6) is 0 Å². The van der Waals surface area contributed by atoms with Crippen LogP contribution in [0.1, 0.15) is 46.5 Å². The average Bonchev–Trinajstić information content (AvgIpc) is 2.29. The first kappa shape index (κ1) is 13.0. The molecule has 1 rings (SSSR count). The van der Waals surface area contributed by atoms with E-state index in [2.05, 4.69) is 38.0 Å². The lowest BCUT2D eigenvalue weighted by Crippen LogP contribution is -2.45. The molecule has 0 spiro atoms. The maximum atomic E-state index is 3.47. The second-order valence-electron chi connectivity index (χ2n) is 5.28. The molecule has 1 N–H and O–H groups in total. The van der Waals surface area contributed by atoms with E-state index in [1.54, 1.807) is 0 Å². The minimum absolute atomic E-state index is 0.587. The lowest BCUT2D eigenvalue weighted by molar-refractivity contribution is 0.0999. The summed E-state index contributed by atoms with van der Waals surface area (Å²) in [7, 11) is 2.29. The van der Waals surface area contributed by atoms with E-state index in [9.17, 15) is 0 Å². The number of hydrogen-bond donors (Lipinski definition) is 1. The molecule has 90 valence electrons. The van der Waals surface area contributed by atoms with Gasteiger partial charge in [-0.3, -0.25) is 0 Å². The standard InChI is InChI=1S/C13H28N2/c1-5-12(3)15(4)11-13(6-2)7-9-14-10-8-13/h12,14H,5-11H2,1-4H3. The molecule has 1 heterocycles. The highest BCUT2D eigenvalue weighted by molar-refractivity contribution is 4.86. The van der Waals surface area contributed by atoms with Crippen LogP contribution in [0.3, 0.4) is 0 Å². The van der Waals surface area contributed by atoms with Crippen LogP contribution in [0.4, 0.5) is 0 Å². The SMILES string of the molecule is CCC(C)N(C)CC1(CC)CCNCC1. The van der Waals surface area contributed by atoms with Gasteiger partial charge >= 0.3 is 0 Å². The fourth-order valence-electron chi connectivity index (χ4n) is 2.58. The van der Waals surface area contributed by atoms with Crippen LogP contribution in [0.2, 0.25) is 0 Å². The van der Waals surface area contributed by atoms with Crippen molar-refractivity contribution in [3.63, 3.8) is 0 Å². The van der Waals surface area contributed by atoms with Crippen molar-refractivity contribution >= 4 is 0 Å². The Morgan fingerprint density at radius 1 is 1.27 bits per heavy atom. The summed E-state index contributed by atoms with van der Waals surface area (Å²) in [6.07, 6.45) is 5.29. The largest absolute Gasteiger partial charge is 0.317 e. The second-order valence-corrected chi connectivity index (χ2v) is 5.28. The second kappa shape index (κ2) is 5.86. The Morgan fingerprint density at radius 3 is 2.33 bits per heavy atom. The molecule has 15 heavy (non-hydrogen) atoms. The number of rotatable bonds is 5. The Morgan fingerprint density at radius 2 is 1.87 bits per heavy atom. The van der Waals surface area contributed by atoms with Crippen LogP contribution in [0.15, 0.2) is 0 Å². The quantitative estimate of drug-likeness (QED) is 0.753. The van der Waals surface area contributed by atoms with E-state index < -0.39 is 0 Å². The first-order valence-corrected chi connectivity index (χ1v) is 6.54. The van der Waals surface area contributed by atoms with E-state index in [0.29, 0.717) is 5.41 Å². The molecule has 0 aromatic rings. The molecular formula is C13H28N2. The summed E-state index contributed by atoms with van der Waals surface area (Å²) in [6, 6.07) is 0.725. The van der Waals surface area contributed by atoms with Crippen LogP contribution in [0, 0.1) is 5.41 Å². The van der Waals surface area contributed by atoms with E-state index in [-0.39, 0.29) is 0 Å². The summed E-state index contributed by atoms with van der Waals surface area (Å²) in [5.41, 5.74) is 0.587. The lowest BCUT2D eigenvalue weighted by Gasteiger charge is -2.41. The van der Waals surface area contributed by atoms with Crippen molar-refractivity contribution < 1.29 is 0 Å². The summed E-state index contributed by atoms with van der Waals surface area (Å²) >= 11 is 0. The van der Waals surface area contributed by atoms with Gasteiger partial charge in [-0.05, 0) is 58.2 Å². The van der Waals surface area contributed by atoms with Crippen molar-refractivity contribution in [2.24, 2.45) is 5.41 Å². The van der Waals surface area contributed by atoms with Gasteiger partial charge < -0.3 is 10.2 Å². The van der Waals surface area contributed by atoms with Gasteiger partial charge in [0.05, 0.1) is 0 Å². The van der Waals surface area contributed by atoms with Gasteiger partial charge in [0.25, 0.3) is 0 Å². The van der Waals surface area contributed by atoms with E-state index in [1.165, 1.54) is 45.3 Å². The Balaban J connectivity index is 2.51. The molecule has 1 fully saturated rings. The van der Waals surface area contributed by atoms with Gasteiger partial charge in [0, 0.05) is 12.6 Å². The Hall–Kier alpha value is -0.0800. The Labute approximate surface area is 95.4 Å². The summed E-state index contributed by atoms with van der Waals surface area (Å²) in [6.45, 7) is 10.7. The first-order valence-electron chi connectivity index (χ1n) is 6.54. The minimum Gasteiger partial charge on any atom is -0.317 e. The summed E-state index contributed by atoms with van der Waals surface area (Å²) in [4.78, 5) is 2.55. The van der Waals surface area contributed by atoms with Gasteiger partial charge in [0.1, 0.15) is 0 Å². The van der Waals surface area contributed by atoms with Gasteiger partial charge in [-0.2, -0.15) is 0 Å². The van der Waals surface area contributed by atoms with E-state index in [1.807, 2.05) is 0 Å². The minimum atomic E-state index is 0.587. The van der Waals surface area contributed by atoms with E-state index >= 15 is 0 Å². The molecule has 0 aromatic carbocycles. The van der Waals surface area contributed by atoms with Crippen molar-refractivity contribution in [1.29, 1.82) is 0 Å². The molecule has 0 amide bonds.